The van der Waals surface area contributed by atoms with E-state index in [1.165, 1.54) is 23.5 Å². The largest absolute Gasteiger partial charge is 0.387 e. The fourth-order valence-corrected chi connectivity index (χ4v) is 6.13. The van der Waals surface area contributed by atoms with Gasteiger partial charge in [-0.15, -0.1) is 0 Å². The van der Waals surface area contributed by atoms with Crippen molar-refractivity contribution in [1.82, 2.24) is 4.72 Å². The quantitative estimate of drug-likeness (QED) is 0.263. The molecule has 2 aromatic carbocycles. The van der Waals surface area contributed by atoms with Crippen molar-refractivity contribution in [1.29, 1.82) is 0 Å². The maximum absolute atomic E-state index is 12.4. The fourth-order valence-electron chi connectivity index (χ4n) is 3.30. The molecule has 2 aromatic rings. The molecule has 0 saturated heterocycles. The third-order valence-electron chi connectivity index (χ3n) is 4.81. The Balaban J connectivity index is 1.89. The minimum atomic E-state index is -3.67. The summed E-state index contributed by atoms with van der Waals surface area (Å²) in [6, 6.07) is 11.1. The summed E-state index contributed by atoms with van der Waals surface area (Å²) in [5.74, 6) is -0.629. The van der Waals surface area contributed by atoms with Gasteiger partial charge in [-0.05, 0) is 60.5 Å². The third kappa shape index (κ3) is 7.72. The maximum Gasteiger partial charge on any atom is 0.253 e. The number of hydrogen-bond acceptors (Lipinski definition) is 7. The summed E-state index contributed by atoms with van der Waals surface area (Å²) in [5, 5.41) is 5.11. The van der Waals surface area contributed by atoms with Gasteiger partial charge in [-0.1, -0.05) is 60.2 Å². The second-order valence-corrected chi connectivity index (χ2v) is 12.5. The van der Waals surface area contributed by atoms with Crippen LogP contribution in [0.1, 0.15) is 13.3 Å². The summed E-state index contributed by atoms with van der Waals surface area (Å²) >= 11 is 15.3. The summed E-state index contributed by atoms with van der Waals surface area (Å²) in [6.07, 6.45) is 5.66. The number of rotatable bonds is 9. The second kappa shape index (κ2) is 11.8. The number of amides is 1. The minimum Gasteiger partial charge on any atom is -0.387 e. The summed E-state index contributed by atoms with van der Waals surface area (Å²) in [5.41, 5.74) is 2.66. The molecule has 11 heteroatoms. The molecule has 1 heterocycles. The summed E-state index contributed by atoms with van der Waals surface area (Å²) in [6.45, 7) is 6.07. The summed E-state index contributed by atoms with van der Waals surface area (Å²) < 4.78 is 25.1. The molecule has 0 aliphatic carbocycles. The Morgan fingerprint density at radius 2 is 1.89 bits per heavy atom. The Labute approximate surface area is 224 Å². The standard InChI is InChI=1S/C24H25Cl2N3O3S3/c1-5-16(10-15(2)33-21-8-6-17(25)12-19(21)27-3)11-24-29(14-23(30)28-35(4,31)32)20-13-18(26)7-9-22(20)34-24/h6-13,27H,2,5,14H2,1,3-4H3,(H,28,30). The van der Waals surface area contributed by atoms with E-state index in [1.54, 1.807) is 17.0 Å². The Morgan fingerprint density at radius 1 is 1.20 bits per heavy atom. The number of sulfonamides is 1. The number of carbonyl (C=O) groups excluding carboxylic acids is 1. The molecule has 0 radical (unpaired) electrons. The monoisotopic (exact) mass is 569 g/mol. The lowest BCUT2D eigenvalue weighted by Crippen LogP contribution is -2.38. The van der Waals surface area contributed by atoms with Crippen molar-refractivity contribution in [2.75, 3.05) is 30.1 Å². The normalized spacial score (nSPS) is 14.7. The fraction of sp³-hybridized carbons (Fsp3) is 0.208. The van der Waals surface area contributed by atoms with Crippen molar-refractivity contribution >= 4 is 74.0 Å². The molecular formula is C24H25Cl2N3O3S3. The molecular weight excluding hydrogens is 545 g/mol. The molecule has 0 aromatic heterocycles. The molecule has 1 aliphatic rings. The van der Waals surface area contributed by atoms with E-state index in [2.05, 4.69) is 11.9 Å². The molecule has 0 atom stereocenters. The van der Waals surface area contributed by atoms with Crippen LogP contribution in [0.15, 0.2) is 80.4 Å². The highest BCUT2D eigenvalue weighted by atomic mass is 35.5. The molecule has 0 unspecified atom stereocenters. The van der Waals surface area contributed by atoms with Gasteiger partial charge in [0.05, 0.1) is 17.0 Å². The van der Waals surface area contributed by atoms with Crippen LogP contribution in [0.4, 0.5) is 11.4 Å². The minimum absolute atomic E-state index is 0.164. The van der Waals surface area contributed by atoms with Gasteiger partial charge in [0.25, 0.3) is 5.91 Å². The van der Waals surface area contributed by atoms with Crippen LogP contribution in [0, 0.1) is 0 Å². The van der Waals surface area contributed by atoms with Gasteiger partial charge in [0.2, 0.25) is 10.0 Å². The van der Waals surface area contributed by atoms with Gasteiger partial charge in [0, 0.05) is 37.5 Å². The van der Waals surface area contributed by atoms with E-state index in [-0.39, 0.29) is 6.54 Å². The summed E-state index contributed by atoms with van der Waals surface area (Å²) in [7, 11) is -1.83. The third-order valence-corrected chi connectivity index (χ3v) is 7.95. The van der Waals surface area contributed by atoms with Gasteiger partial charge in [-0.2, -0.15) is 0 Å². The van der Waals surface area contributed by atoms with Gasteiger partial charge in [0.15, 0.2) is 0 Å². The Kier molecular flexibility index (Phi) is 9.28. The lowest BCUT2D eigenvalue weighted by atomic mass is 10.2. The number of nitrogens with zero attached hydrogens (tertiary/aromatic N) is 1. The number of thioether (sulfide) groups is 2. The topological polar surface area (TPSA) is 78.5 Å². The Hall–Kier alpha value is -2.04. The molecule has 1 amide bonds. The lowest BCUT2D eigenvalue weighted by Gasteiger charge is -2.20. The molecule has 2 N–H and O–H groups in total. The van der Waals surface area contributed by atoms with Crippen LogP contribution in [0.3, 0.4) is 0 Å². The first-order valence-electron chi connectivity index (χ1n) is 10.5. The van der Waals surface area contributed by atoms with E-state index in [1.807, 2.05) is 55.1 Å². The maximum atomic E-state index is 12.4. The van der Waals surface area contributed by atoms with Crippen LogP contribution in [0.2, 0.25) is 10.0 Å². The molecule has 186 valence electrons. The molecule has 0 spiro atoms. The molecule has 35 heavy (non-hydrogen) atoms. The van der Waals surface area contributed by atoms with Crippen molar-refractivity contribution in [2.24, 2.45) is 0 Å². The zero-order chi connectivity index (χ0) is 25.8. The number of benzene rings is 2. The van der Waals surface area contributed by atoms with Gasteiger partial charge in [-0.3, -0.25) is 9.52 Å². The smallest absolute Gasteiger partial charge is 0.253 e. The predicted octanol–water partition coefficient (Wildman–Crippen LogP) is 6.51. The number of allylic oxidation sites excluding steroid dienone is 3. The highest BCUT2D eigenvalue weighted by Crippen LogP contribution is 2.47. The first-order valence-corrected chi connectivity index (χ1v) is 14.8. The Morgan fingerprint density at radius 3 is 2.54 bits per heavy atom. The molecule has 6 nitrogen and oxygen atoms in total. The van der Waals surface area contributed by atoms with Gasteiger partial charge >= 0.3 is 0 Å². The number of anilines is 2. The highest BCUT2D eigenvalue weighted by molar-refractivity contribution is 8.04. The average Bonchev–Trinajstić information content (AvgIpc) is 3.09. The SMILES string of the molecule is C=C(C=C(C=C1Sc2ccc(Cl)cc2N1CC(=O)NS(C)(=O)=O)CC)Sc1ccc(Cl)cc1NC. The molecule has 0 bridgehead atoms. The first-order chi connectivity index (χ1) is 16.5. The van der Waals surface area contributed by atoms with Gasteiger partial charge < -0.3 is 10.2 Å². The van der Waals surface area contributed by atoms with Gasteiger partial charge in [-0.25, -0.2) is 8.42 Å². The van der Waals surface area contributed by atoms with Crippen LogP contribution in [0.5, 0.6) is 0 Å². The van der Waals surface area contributed by atoms with Crippen molar-refractivity contribution in [3.8, 4) is 0 Å². The summed E-state index contributed by atoms with van der Waals surface area (Å²) in [4.78, 5) is 17.0. The van der Waals surface area contributed by atoms with Crippen LogP contribution < -0.4 is 14.9 Å². The van der Waals surface area contributed by atoms with Gasteiger partial charge in [0.1, 0.15) is 6.54 Å². The number of nitrogens with one attached hydrogen (secondary N) is 2. The lowest BCUT2D eigenvalue weighted by molar-refractivity contribution is -0.117. The molecule has 0 fully saturated rings. The second-order valence-electron chi connectivity index (χ2n) is 7.61. The van der Waals surface area contributed by atoms with E-state index in [0.29, 0.717) is 10.0 Å². The van der Waals surface area contributed by atoms with E-state index in [4.69, 9.17) is 23.2 Å². The number of hydrogen-bond donors (Lipinski definition) is 2. The predicted molar refractivity (Wildman–Crippen MR) is 150 cm³/mol. The van der Waals surface area contributed by atoms with Crippen LogP contribution in [-0.2, 0) is 14.8 Å². The number of fused-ring (bicyclic) bond motifs is 1. The van der Waals surface area contributed by atoms with Crippen molar-refractivity contribution in [3.63, 3.8) is 0 Å². The van der Waals surface area contributed by atoms with E-state index >= 15 is 0 Å². The van der Waals surface area contributed by atoms with Crippen molar-refractivity contribution in [2.45, 2.75) is 23.1 Å². The zero-order valence-corrected chi connectivity index (χ0v) is 23.4. The van der Waals surface area contributed by atoms with Crippen LogP contribution in [-0.4, -0.2) is 34.2 Å². The van der Waals surface area contributed by atoms with Crippen LogP contribution in [0.25, 0.3) is 0 Å². The first kappa shape index (κ1) is 27.5. The molecule has 1 aliphatic heterocycles. The molecule has 3 rings (SSSR count). The van der Waals surface area contributed by atoms with Crippen LogP contribution >= 0.6 is 46.7 Å². The molecule has 0 saturated carbocycles. The van der Waals surface area contributed by atoms with Crippen molar-refractivity contribution in [3.05, 3.63) is 80.7 Å². The Bertz CT molecular complexity index is 1320. The van der Waals surface area contributed by atoms with E-state index in [9.17, 15) is 13.2 Å². The number of halogens is 2. The van der Waals surface area contributed by atoms with E-state index < -0.39 is 15.9 Å². The number of carbonyl (C=O) groups is 1. The zero-order valence-electron chi connectivity index (χ0n) is 19.4. The average molecular weight is 571 g/mol. The highest BCUT2D eigenvalue weighted by Gasteiger charge is 2.28. The van der Waals surface area contributed by atoms with E-state index in [0.717, 1.165) is 49.3 Å². The van der Waals surface area contributed by atoms with Crippen molar-refractivity contribution < 1.29 is 13.2 Å².